The van der Waals surface area contributed by atoms with Gasteiger partial charge in [0.2, 0.25) is 5.91 Å². The first-order chi connectivity index (χ1) is 14.1. The van der Waals surface area contributed by atoms with Crippen LogP contribution in [0.5, 0.6) is 5.75 Å². The summed E-state index contributed by atoms with van der Waals surface area (Å²) < 4.78 is 7.97. The molecule has 154 valence electrons. The third-order valence-corrected chi connectivity index (χ3v) is 6.76. The molecule has 0 saturated carbocycles. The van der Waals surface area contributed by atoms with E-state index in [1.165, 1.54) is 42.4 Å². The molecule has 1 aromatic carbocycles. The largest absolute Gasteiger partial charge is 0.496 e. The zero-order chi connectivity index (χ0) is 20.0. The summed E-state index contributed by atoms with van der Waals surface area (Å²) in [5.41, 5.74) is 4.21. The zero-order valence-corrected chi connectivity index (χ0v) is 17.4. The Hall–Kier alpha value is -2.41. The Labute approximate surface area is 171 Å². The molecule has 5 rings (SSSR count). The standard InChI is InChI=1S/C22H29N5O2/c1-15(28)25-9-10-27-21(14-25)23-24-22(27)19-7-4-8-26(19)13-18-11-16-5-3-6-17(16)12-20(18)29-2/h11-12,19H,3-10,13-14H2,1-2H3/t19-/m0/s1. The fraction of sp³-hybridized carbons (Fsp3) is 0.591. The molecule has 29 heavy (non-hydrogen) atoms. The quantitative estimate of drug-likeness (QED) is 0.796. The second kappa shape index (κ2) is 7.44. The number of hydrogen-bond acceptors (Lipinski definition) is 5. The number of ether oxygens (including phenoxy) is 1. The van der Waals surface area contributed by atoms with Crippen molar-refractivity contribution in [1.82, 2.24) is 24.6 Å². The van der Waals surface area contributed by atoms with Gasteiger partial charge >= 0.3 is 0 Å². The number of aryl methyl sites for hydroxylation is 2. The van der Waals surface area contributed by atoms with Gasteiger partial charge in [0, 0.05) is 32.1 Å². The Morgan fingerprint density at radius 1 is 1.14 bits per heavy atom. The predicted octanol–water partition coefficient (Wildman–Crippen LogP) is 2.47. The molecule has 3 aliphatic rings. The van der Waals surface area contributed by atoms with E-state index in [0.29, 0.717) is 6.54 Å². The van der Waals surface area contributed by atoms with Gasteiger partial charge in [0.05, 0.1) is 19.7 Å². The average molecular weight is 396 g/mol. The minimum Gasteiger partial charge on any atom is -0.496 e. The van der Waals surface area contributed by atoms with E-state index in [1.807, 2.05) is 4.90 Å². The van der Waals surface area contributed by atoms with Crippen LogP contribution in [0.3, 0.4) is 0 Å². The highest BCUT2D eigenvalue weighted by Gasteiger charge is 2.33. The van der Waals surface area contributed by atoms with Crippen molar-refractivity contribution in [2.24, 2.45) is 0 Å². The van der Waals surface area contributed by atoms with Crippen LogP contribution in [0.1, 0.15) is 60.6 Å². The number of benzene rings is 1. The van der Waals surface area contributed by atoms with Crippen molar-refractivity contribution in [3.05, 3.63) is 40.5 Å². The SMILES string of the molecule is COc1cc2c(cc1CN1CCC[C@H]1c1nnc3n1CCN(C(C)=O)C3)CCC2. The monoisotopic (exact) mass is 395 g/mol. The van der Waals surface area contributed by atoms with Crippen molar-refractivity contribution in [3.63, 3.8) is 0 Å². The number of rotatable bonds is 4. The molecule has 3 heterocycles. The maximum Gasteiger partial charge on any atom is 0.219 e. The average Bonchev–Trinajstić information content (AvgIpc) is 3.45. The molecule has 7 nitrogen and oxygen atoms in total. The molecule has 1 amide bonds. The lowest BCUT2D eigenvalue weighted by Crippen LogP contribution is -2.38. The number of nitrogens with zero attached hydrogens (tertiary/aromatic N) is 5. The molecular formula is C22H29N5O2. The van der Waals surface area contributed by atoms with Crippen LogP contribution in [0.2, 0.25) is 0 Å². The van der Waals surface area contributed by atoms with Crippen LogP contribution in [-0.4, -0.2) is 50.7 Å². The summed E-state index contributed by atoms with van der Waals surface area (Å²) in [6.07, 6.45) is 5.86. The van der Waals surface area contributed by atoms with Crippen molar-refractivity contribution in [3.8, 4) is 5.75 Å². The van der Waals surface area contributed by atoms with Crippen LogP contribution in [-0.2, 0) is 37.3 Å². The van der Waals surface area contributed by atoms with Crippen LogP contribution in [0.15, 0.2) is 12.1 Å². The highest BCUT2D eigenvalue weighted by molar-refractivity contribution is 5.73. The normalized spacial score (nSPS) is 21.3. The van der Waals surface area contributed by atoms with E-state index in [4.69, 9.17) is 4.74 Å². The fourth-order valence-electron chi connectivity index (χ4n) is 5.19. The van der Waals surface area contributed by atoms with E-state index in [1.54, 1.807) is 14.0 Å². The van der Waals surface area contributed by atoms with Crippen molar-refractivity contribution < 1.29 is 9.53 Å². The maximum absolute atomic E-state index is 11.7. The Balaban J connectivity index is 1.39. The van der Waals surface area contributed by atoms with Crippen molar-refractivity contribution in [2.45, 2.75) is 64.7 Å². The molecule has 1 aromatic heterocycles. The third kappa shape index (κ3) is 3.31. The van der Waals surface area contributed by atoms with Gasteiger partial charge in [0.25, 0.3) is 0 Å². The topological polar surface area (TPSA) is 63.5 Å². The molecule has 7 heteroatoms. The Kier molecular flexibility index (Phi) is 4.78. The van der Waals surface area contributed by atoms with Gasteiger partial charge in [-0.05, 0) is 55.8 Å². The van der Waals surface area contributed by atoms with Gasteiger partial charge in [-0.25, -0.2) is 0 Å². The number of amides is 1. The van der Waals surface area contributed by atoms with E-state index in [9.17, 15) is 4.79 Å². The molecule has 1 fully saturated rings. The first-order valence-electron chi connectivity index (χ1n) is 10.7. The third-order valence-electron chi connectivity index (χ3n) is 6.76. The summed E-state index contributed by atoms with van der Waals surface area (Å²) in [6, 6.07) is 4.89. The van der Waals surface area contributed by atoms with Gasteiger partial charge in [0.1, 0.15) is 5.75 Å². The number of aromatic nitrogens is 3. The van der Waals surface area contributed by atoms with Crippen LogP contribution in [0, 0.1) is 0 Å². The molecule has 1 saturated heterocycles. The lowest BCUT2D eigenvalue weighted by atomic mass is 10.0. The lowest BCUT2D eigenvalue weighted by Gasteiger charge is -2.29. The molecular weight excluding hydrogens is 366 g/mol. The number of carbonyl (C=O) groups is 1. The predicted molar refractivity (Wildman–Crippen MR) is 109 cm³/mol. The van der Waals surface area contributed by atoms with Crippen molar-refractivity contribution in [2.75, 3.05) is 20.2 Å². The molecule has 2 aliphatic heterocycles. The van der Waals surface area contributed by atoms with E-state index in [-0.39, 0.29) is 11.9 Å². The lowest BCUT2D eigenvalue weighted by molar-refractivity contribution is -0.130. The first kappa shape index (κ1) is 18.6. The molecule has 0 unspecified atom stereocenters. The second-order valence-corrected chi connectivity index (χ2v) is 8.48. The molecule has 0 spiro atoms. The first-order valence-corrected chi connectivity index (χ1v) is 10.7. The van der Waals surface area contributed by atoms with Crippen LogP contribution in [0.4, 0.5) is 0 Å². The van der Waals surface area contributed by atoms with Crippen LogP contribution < -0.4 is 4.74 Å². The minimum atomic E-state index is 0.104. The van der Waals surface area contributed by atoms with E-state index < -0.39 is 0 Å². The van der Waals surface area contributed by atoms with Gasteiger partial charge in [-0.15, -0.1) is 10.2 Å². The summed E-state index contributed by atoms with van der Waals surface area (Å²) >= 11 is 0. The number of carbonyl (C=O) groups excluding carboxylic acids is 1. The minimum absolute atomic E-state index is 0.104. The maximum atomic E-state index is 11.7. The summed E-state index contributed by atoms with van der Waals surface area (Å²) in [5.74, 6) is 3.08. The number of hydrogen-bond donors (Lipinski definition) is 0. The second-order valence-electron chi connectivity index (χ2n) is 8.48. The van der Waals surface area contributed by atoms with Gasteiger partial charge < -0.3 is 14.2 Å². The highest BCUT2D eigenvalue weighted by Crippen LogP contribution is 2.36. The highest BCUT2D eigenvalue weighted by atomic mass is 16.5. The van der Waals surface area contributed by atoms with E-state index in [2.05, 4.69) is 31.8 Å². The molecule has 0 N–H and O–H groups in total. The smallest absolute Gasteiger partial charge is 0.219 e. The van der Waals surface area contributed by atoms with Gasteiger partial charge in [0.15, 0.2) is 11.6 Å². The van der Waals surface area contributed by atoms with Gasteiger partial charge in [-0.1, -0.05) is 6.07 Å². The molecule has 1 aliphatic carbocycles. The molecule has 2 aromatic rings. The Bertz CT molecular complexity index is 938. The zero-order valence-electron chi connectivity index (χ0n) is 17.4. The van der Waals surface area contributed by atoms with E-state index in [0.717, 1.165) is 50.0 Å². The molecule has 1 atom stereocenters. The van der Waals surface area contributed by atoms with Crippen molar-refractivity contribution in [1.29, 1.82) is 0 Å². The fourth-order valence-corrected chi connectivity index (χ4v) is 5.19. The summed E-state index contributed by atoms with van der Waals surface area (Å²) in [5, 5.41) is 8.99. The van der Waals surface area contributed by atoms with E-state index >= 15 is 0 Å². The number of likely N-dealkylation sites (tertiary alicyclic amines) is 1. The number of methoxy groups -OCH3 is 1. The Morgan fingerprint density at radius 3 is 2.76 bits per heavy atom. The Morgan fingerprint density at radius 2 is 1.97 bits per heavy atom. The number of fused-ring (bicyclic) bond motifs is 2. The van der Waals surface area contributed by atoms with Crippen molar-refractivity contribution >= 4 is 5.91 Å². The van der Waals surface area contributed by atoms with Crippen LogP contribution in [0.25, 0.3) is 0 Å². The van der Waals surface area contributed by atoms with Gasteiger partial charge in [-0.3, -0.25) is 9.69 Å². The van der Waals surface area contributed by atoms with Gasteiger partial charge in [-0.2, -0.15) is 0 Å². The summed E-state index contributed by atoms with van der Waals surface area (Å²) in [6.45, 7) is 5.64. The molecule has 0 radical (unpaired) electrons. The summed E-state index contributed by atoms with van der Waals surface area (Å²) in [7, 11) is 1.78. The summed E-state index contributed by atoms with van der Waals surface area (Å²) in [4.78, 5) is 16.1. The molecule has 0 bridgehead atoms. The van der Waals surface area contributed by atoms with Crippen LogP contribution >= 0.6 is 0 Å².